The number of hydrogen-bond acceptors (Lipinski definition) is 3. The fourth-order valence-corrected chi connectivity index (χ4v) is 1.87. The summed E-state index contributed by atoms with van der Waals surface area (Å²) in [4.78, 5) is 13.7. The zero-order valence-corrected chi connectivity index (χ0v) is 10.9. The summed E-state index contributed by atoms with van der Waals surface area (Å²) in [5.41, 5.74) is -0.605. The van der Waals surface area contributed by atoms with Gasteiger partial charge in [0.15, 0.2) is 0 Å². The van der Waals surface area contributed by atoms with Crippen LogP contribution in [0.15, 0.2) is 0 Å². The van der Waals surface area contributed by atoms with Crippen molar-refractivity contribution in [2.24, 2.45) is 5.92 Å². The van der Waals surface area contributed by atoms with Gasteiger partial charge in [0.25, 0.3) is 0 Å². The Kier molecular flexibility index (Phi) is 3.97. The molecular weight excluding hydrogens is 204 g/mol. The van der Waals surface area contributed by atoms with Crippen molar-refractivity contribution in [1.82, 2.24) is 10.2 Å². The van der Waals surface area contributed by atoms with E-state index in [2.05, 4.69) is 5.32 Å². The maximum absolute atomic E-state index is 11.7. The smallest absolute Gasteiger partial charge is 0.237 e. The molecule has 1 unspecified atom stereocenters. The quantitative estimate of drug-likeness (QED) is 0.741. The Balaban J connectivity index is 2.42. The van der Waals surface area contributed by atoms with Gasteiger partial charge in [0, 0.05) is 19.1 Å². The third-order valence-electron chi connectivity index (χ3n) is 3.39. The normalized spacial score (nSPS) is 22.0. The first-order valence-corrected chi connectivity index (χ1v) is 6.03. The van der Waals surface area contributed by atoms with Crippen molar-refractivity contribution in [2.45, 2.75) is 52.3 Å². The van der Waals surface area contributed by atoms with Crippen molar-refractivity contribution >= 4 is 5.91 Å². The maximum Gasteiger partial charge on any atom is 0.237 e. The molecule has 0 aromatic rings. The van der Waals surface area contributed by atoms with Crippen molar-refractivity contribution in [2.75, 3.05) is 13.1 Å². The third kappa shape index (κ3) is 2.74. The van der Waals surface area contributed by atoms with Crippen LogP contribution in [-0.4, -0.2) is 46.7 Å². The van der Waals surface area contributed by atoms with Crippen molar-refractivity contribution in [3.8, 4) is 0 Å². The highest BCUT2D eigenvalue weighted by atomic mass is 16.3. The van der Waals surface area contributed by atoms with Crippen LogP contribution in [0.1, 0.15) is 34.6 Å². The minimum Gasteiger partial charge on any atom is -0.387 e. The van der Waals surface area contributed by atoms with E-state index in [0.29, 0.717) is 13.1 Å². The fraction of sp³-hybridized carbons (Fsp3) is 0.917. The van der Waals surface area contributed by atoms with Gasteiger partial charge < -0.3 is 10.4 Å². The van der Waals surface area contributed by atoms with Gasteiger partial charge in [-0.05, 0) is 26.7 Å². The van der Waals surface area contributed by atoms with Crippen LogP contribution >= 0.6 is 0 Å². The average Bonchev–Trinajstić information content (AvgIpc) is 2.10. The molecule has 0 aromatic heterocycles. The molecule has 1 aliphatic rings. The Morgan fingerprint density at radius 1 is 1.25 bits per heavy atom. The topological polar surface area (TPSA) is 52.6 Å². The number of carbonyl (C=O) groups excluding carboxylic acids is 1. The molecule has 0 radical (unpaired) electrons. The summed E-state index contributed by atoms with van der Waals surface area (Å²) in [6, 6.07) is 0.0154. The van der Waals surface area contributed by atoms with Crippen LogP contribution in [0.25, 0.3) is 0 Å². The molecule has 1 amide bonds. The molecule has 0 aromatic carbocycles. The molecule has 1 saturated heterocycles. The molecule has 1 fully saturated rings. The van der Waals surface area contributed by atoms with Crippen molar-refractivity contribution in [3.63, 3.8) is 0 Å². The van der Waals surface area contributed by atoms with E-state index in [1.165, 1.54) is 0 Å². The SMILES string of the molecule is CC(C)NC(=O)C(C)N1CC(O)(C(C)C)C1. The molecule has 4 nitrogen and oxygen atoms in total. The Morgan fingerprint density at radius 3 is 2.12 bits per heavy atom. The van der Waals surface area contributed by atoms with E-state index in [9.17, 15) is 9.90 Å². The zero-order valence-electron chi connectivity index (χ0n) is 10.9. The van der Waals surface area contributed by atoms with Gasteiger partial charge in [-0.15, -0.1) is 0 Å². The molecule has 0 aliphatic carbocycles. The summed E-state index contributed by atoms with van der Waals surface area (Å²) < 4.78 is 0. The molecule has 1 heterocycles. The van der Waals surface area contributed by atoms with E-state index in [1.807, 2.05) is 39.5 Å². The first-order valence-electron chi connectivity index (χ1n) is 6.03. The summed E-state index contributed by atoms with van der Waals surface area (Å²) in [5, 5.41) is 13.0. The summed E-state index contributed by atoms with van der Waals surface area (Å²) in [5.74, 6) is 0.282. The number of rotatable bonds is 4. The second-order valence-electron chi connectivity index (χ2n) is 5.50. The van der Waals surface area contributed by atoms with E-state index >= 15 is 0 Å². The highest BCUT2D eigenvalue weighted by Crippen LogP contribution is 2.29. The van der Waals surface area contributed by atoms with E-state index in [-0.39, 0.29) is 23.9 Å². The lowest BCUT2D eigenvalue weighted by Crippen LogP contribution is -2.68. The van der Waals surface area contributed by atoms with Crippen molar-refractivity contribution in [1.29, 1.82) is 0 Å². The standard InChI is InChI=1S/C12H24N2O2/c1-8(2)12(16)6-14(7-12)10(5)11(15)13-9(3)4/h8-10,16H,6-7H2,1-5H3,(H,13,15). The number of hydrogen-bond donors (Lipinski definition) is 2. The highest BCUT2D eigenvalue weighted by Gasteiger charge is 2.46. The minimum absolute atomic E-state index is 0.0424. The van der Waals surface area contributed by atoms with Crippen LogP contribution in [0.4, 0.5) is 0 Å². The Labute approximate surface area is 98.0 Å². The number of nitrogens with zero attached hydrogens (tertiary/aromatic N) is 1. The van der Waals surface area contributed by atoms with Gasteiger partial charge in [0.05, 0.1) is 11.6 Å². The summed E-state index contributed by atoms with van der Waals surface area (Å²) >= 11 is 0. The maximum atomic E-state index is 11.7. The minimum atomic E-state index is -0.605. The van der Waals surface area contributed by atoms with Crippen molar-refractivity contribution < 1.29 is 9.90 Å². The summed E-state index contributed by atoms with van der Waals surface area (Å²) in [7, 11) is 0. The van der Waals surface area contributed by atoms with E-state index in [0.717, 1.165) is 0 Å². The van der Waals surface area contributed by atoms with Crippen LogP contribution < -0.4 is 5.32 Å². The number of amides is 1. The lowest BCUT2D eigenvalue weighted by molar-refractivity contribution is -0.154. The molecule has 2 N–H and O–H groups in total. The van der Waals surface area contributed by atoms with E-state index < -0.39 is 5.60 Å². The van der Waals surface area contributed by atoms with Gasteiger partial charge in [-0.1, -0.05) is 13.8 Å². The number of nitrogens with one attached hydrogen (secondary N) is 1. The Morgan fingerprint density at radius 2 is 1.75 bits per heavy atom. The lowest BCUT2D eigenvalue weighted by atomic mass is 9.82. The van der Waals surface area contributed by atoms with E-state index in [4.69, 9.17) is 0 Å². The molecule has 4 heteroatoms. The number of aliphatic hydroxyl groups is 1. The predicted octanol–water partition coefficient (Wildman–Crippen LogP) is 0.602. The van der Waals surface area contributed by atoms with Crippen LogP contribution in [0.3, 0.4) is 0 Å². The molecule has 94 valence electrons. The van der Waals surface area contributed by atoms with Crippen molar-refractivity contribution in [3.05, 3.63) is 0 Å². The molecule has 16 heavy (non-hydrogen) atoms. The second kappa shape index (κ2) is 4.72. The van der Waals surface area contributed by atoms with Gasteiger partial charge in [-0.25, -0.2) is 0 Å². The van der Waals surface area contributed by atoms with Crippen LogP contribution in [0.2, 0.25) is 0 Å². The lowest BCUT2D eigenvalue weighted by Gasteiger charge is -2.51. The monoisotopic (exact) mass is 228 g/mol. The second-order valence-corrected chi connectivity index (χ2v) is 5.50. The number of carbonyl (C=O) groups is 1. The van der Waals surface area contributed by atoms with E-state index in [1.54, 1.807) is 0 Å². The van der Waals surface area contributed by atoms with Gasteiger partial charge >= 0.3 is 0 Å². The number of likely N-dealkylation sites (tertiary alicyclic amines) is 1. The first-order chi connectivity index (χ1) is 7.26. The average molecular weight is 228 g/mol. The van der Waals surface area contributed by atoms with Gasteiger partial charge in [-0.2, -0.15) is 0 Å². The van der Waals surface area contributed by atoms with Crippen LogP contribution in [0, 0.1) is 5.92 Å². The third-order valence-corrected chi connectivity index (χ3v) is 3.39. The van der Waals surface area contributed by atoms with Gasteiger partial charge in [-0.3, -0.25) is 9.69 Å². The summed E-state index contributed by atoms with van der Waals surface area (Å²) in [6.45, 7) is 11.0. The molecule has 0 saturated carbocycles. The highest BCUT2D eigenvalue weighted by molar-refractivity contribution is 5.81. The molecule has 0 spiro atoms. The molecule has 1 aliphatic heterocycles. The predicted molar refractivity (Wildman–Crippen MR) is 64.1 cm³/mol. The zero-order chi connectivity index (χ0) is 12.5. The van der Waals surface area contributed by atoms with Crippen LogP contribution in [-0.2, 0) is 4.79 Å². The molecular formula is C12H24N2O2. The Hall–Kier alpha value is -0.610. The fourth-order valence-electron chi connectivity index (χ4n) is 1.87. The largest absolute Gasteiger partial charge is 0.387 e. The van der Waals surface area contributed by atoms with Crippen LogP contribution in [0.5, 0.6) is 0 Å². The molecule has 1 rings (SSSR count). The Bertz CT molecular complexity index is 258. The molecule has 0 bridgehead atoms. The number of β-amino-alcohol motifs (C(OH)–C–C–N with tert-alkyl or cyclic N) is 1. The first kappa shape index (κ1) is 13.5. The molecule has 1 atom stereocenters. The van der Waals surface area contributed by atoms with Gasteiger partial charge in [0.2, 0.25) is 5.91 Å². The summed E-state index contributed by atoms with van der Waals surface area (Å²) in [6.07, 6.45) is 0. The van der Waals surface area contributed by atoms with Gasteiger partial charge in [0.1, 0.15) is 0 Å².